The lowest BCUT2D eigenvalue weighted by atomic mass is 9.95. The average molecular weight is 183 g/mol. The molecule has 0 aliphatic heterocycles. The summed E-state index contributed by atoms with van der Waals surface area (Å²) in [6.45, 7) is 4.12. The fraction of sp³-hybridized carbons (Fsp3) is 0.0833. The summed E-state index contributed by atoms with van der Waals surface area (Å²) in [4.78, 5) is 7.96. The van der Waals surface area contributed by atoms with E-state index in [0.29, 0.717) is 0 Å². The van der Waals surface area contributed by atoms with Crippen molar-refractivity contribution in [2.24, 2.45) is 0 Å². The van der Waals surface area contributed by atoms with E-state index < -0.39 is 0 Å². The molecule has 2 aromatic heterocycles. The summed E-state index contributed by atoms with van der Waals surface area (Å²) in [6, 6.07) is 7.94. The minimum atomic E-state index is 0.154. The molecule has 1 radical (unpaired) electrons. The van der Waals surface area contributed by atoms with Crippen molar-refractivity contribution >= 4 is 0 Å². The van der Waals surface area contributed by atoms with Gasteiger partial charge in [0.1, 0.15) is 0 Å². The van der Waals surface area contributed by atoms with Gasteiger partial charge in [0.25, 0.3) is 0 Å². The largest absolute Gasteiger partial charge is 0.265 e. The van der Waals surface area contributed by atoms with E-state index >= 15 is 0 Å². The Labute approximate surface area is 83.7 Å². The molecule has 0 atom stereocenters. The highest BCUT2D eigenvalue weighted by Gasteiger charge is 2.06. The van der Waals surface area contributed by atoms with Crippen molar-refractivity contribution in [2.75, 3.05) is 0 Å². The van der Waals surface area contributed by atoms with Crippen LogP contribution in [0.1, 0.15) is 17.0 Å². The molecule has 0 bridgehead atoms. The smallest absolute Gasteiger partial charge is 0.0270 e. The quantitative estimate of drug-likeness (QED) is 0.714. The highest BCUT2D eigenvalue weighted by molar-refractivity contribution is 5.30. The lowest BCUT2D eigenvalue weighted by molar-refractivity contribution is 1.00. The van der Waals surface area contributed by atoms with Crippen LogP contribution in [0.2, 0.25) is 0 Å². The minimum absolute atomic E-state index is 0.154. The third-order valence-electron chi connectivity index (χ3n) is 2.22. The van der Waals surface area contributed by atoms with Gasteiger partial charge < -0.3 is 0 Å². The molecular weight excluding hydrogens is 172 g/mol. The zero-order valence-electron chi connectivity index (χ0n) is 7.80. The summed E-state index contributed by atoms with van der Waals surface area (Å²) in [6.07, 6.45) is 7.15. The van der Waals surface area contributed by atoms with Crippen molar-refractivity contribution in [3.05, 3.63) is 67.1 Å². The van der Waals surface area contributed by atoms with Crippen LogP contribution in [0.15, 0.2) is 49.1 Å². The van der Waals surface area contributed by atoms with E-state index in [-0.39, 0.29) is 5.92 Å². The highest BCUT2D eigenvalue weighted by atomic mass is 14.6. The van der Waals surface area contributed by atoms with Crippen LogP contribution < -0.4 is 0 Å². The van der Waals surface area contributed by atoms with Crippen LogP contribution in [0.5, 0.6) is 0 Å². The molecule has 0 spiro atoms. The SMILES string of the molecule is [CH2]C(c1ccncc1)c1ccncc1. The zero-order chi connectivity index (χ0) is 9.80. The fourth-order valence-electron chi connectivity index (χ4n) is 1.38. The molecule has 0 N–H and O–H groups in total. The summed E-state index contributed by atoms with van der Waals surface area (Å²) in [5.41, 5.74) is 2.34. The first kappa shape index (κ1) is 8.88. The summed E-state index contributed by atoms with van der Waals surface area (Å²) in [5, 5.41) is 0. The van der Waals surface area contributed by atoms with Crippen molar-refractivity contribution in [1.29, 1.82) is 0 Å². The molecule has 0 unspecified atom stereocenters. The summed E-state index contributed by atoms with van der Waals surface area (Å²) < 4.78 is 0. The lowest BCUT2D eigenvalue weighted by Gasteiger charge is -2.10. The third-order valence-corrected chi connectivity index (χ3v) is 2.22. The van der Waals surface area contributed by atoms with E-state index in [9.17, 15) is 0 Å². The van der Waals surface area contributed by atoms with Gasteiger partial charge >= 0.3 is 0 Å². The van der Waals surface area contributed by atoms with Crippen molar-refractivity contribution in [3.8, 4) is 0 Å². The monoisotopic (exact) mass is 183 g/mol. The molecule has 0 aromatic carbocycles. The molecule has 2 heterocycles. The molecule has 69 valence electrons. The van der Waals surface area contributed by atoms with Crippen LogP contribution in [0, 0.1) is 6.92 Å². The van der Waals surface area contributed by atoms with Crippen LogP contribution >= 0.6 is 0 Å². The second kappa shape index (κ2) is 4.01. The molecule has 0 saturated carbocycles. The summed E-state index contributed by atoms with van der Waals surface area (Å²) >= 11 is 0. The molecule has 14 heavy (non-hydrogen) atoms. The van der Waals surface area contributed by atoms with Crippen LogP contribution in [-0.4, -0.2) is 9.97 Å². The van der Waals surface area contributed by atoms with Crippen LogP contribution in [0.3, 0.4) is 0 Å². The van der Waals surface area contributed by atoms with E-state index in [2.05, 4.69) is 16.9 Å². The van der Waals surface area contributed by atoms with Gasteiger partial charge in [-0.1, -0.05) is 0 Å². The van der Waals surface area contributed by atoms with E-state index in [1.54, 1.807) is 24.8 Å². The Kier molecular flexibility index (Phi) is 2.54. The number of hydrogen-bond donors (Lipinski definition) is 0. The first-order chi connectivity index (χ1) is 6.88. The van der Waals surface area contributed by atoms with Gasteiger partial charge in [-0.25, -0.2) is 0 Å². The maximum Gasteiger partial charge on any atom is 0.0270 e. The van der Waals surface area contributed by atoms with Crippen LogP contribution in [-0.2, 0) is 0 Å². The maximum absolute atomic E-state index is 4.12. The summed E-state index contributed by atoms with van der Waals surface area (Å²) in [5.74, 6) is 0.154. The second-order valence-corrected chi connectivity index (χ2v) is 3.11. The topological polar surface area (TPSA) is 25.8 Å². The van der Waals surface area contributed by atoms with Gasteiger partial charge in [0.15, 0.2) is 0 Å². The Balaban J connectivity index is 2.30. The molecule has 0 fully saturated rings. The maximum atomic E-state index is 4.12. The van der Waals surface area contributed by atoms with E-state index in [1.165, 1.54) is 11.1 Å². The molecule has 2 aromatic rings. The zero-order valence-corrected chi connectivity index (χ0v) is 7.80. The van der Waals surface area contributed by atoms with Gasteiger partial charge in [-0.3, -0.25) is 9.97 Å². The minimum Gasteiger partial charge on any atom is -0.265 e. The van der Waals surface area contributed by atoms with Gasteiger partial charge in [0, 0.05) is 30.7 Å². The normalized spacial score (nSPS) is 10.4. The predicted molar refractivity (Wildman–Crippen MR) is 55.7 cm³/mol. The number of rotatable bonds is 2. The number of pyridine rings is 2. The Morgan fingerprint density at radius 1 is 0.786 bits per heavy atom. The van der Waals surface area contributed by atoms with Crippen molar-refractivity contribution in [2.45, 2.75) is 5.92 Å². The molecule has 0 aliphatic rings. The molecule has 2 nitrogen and oxygen atoms in total. The number of hydrogen-bond acceptors (Lipinski definition) is 2. The van der Waals surface area contributed by atoms with E-state index in [0.717, 1.165) is 0 Å². The standard InChI is InChI=1S/C12H11N2/c1-10(11-2-6-13-7-3-11)12-4-8-14-9-5-12/h2-10H,1H2. The second-order valence-electron chi connectivity index (χ2n) is 3.11. The molecule has 2 heteroatoms. The molecule has 2 rings (SSSR count). The average Bonchev–Trinajstić information content (AvgIpc) is 2.30. The first-order valence-corrected chi connectivity index (χ1v) is 4.51. The molecule has 0 saturated heterocycles. The predicted octanol–water partition coefficient (Wildman–Crippen LogP) is 2.44. The van der Waals surface area contributed by atoms with Crippen LogP contribution in [0.25, 0.3) is 0 Å². The lowest BCUT2D eigenvalue weighted by Crippen LogP contribution is -1.96. The summed E-state index contributed by atoms with van der Waals surface area (Å²) in [7, 11) is 0. The molecule has 0 amide bonds. The molecule has 0 aliphatic carbocycles. The fourth-order valence-corrected chi connectivity index (χ4v) is 1.38. The van der Waals surface area contributed by atoms with E-state index in [4.69, 9.17) is 0 Å². The van der Waals surface area contributed by atoms with E-state index in [1.807, 2.05) is 24.3 Å². The van der Waals surface area contributed by atoms with Crippen molar-refractivity contribution < 1.29 is 0 Å². The van der Waals surface area contributed by atoms with Gasteiger partial charge in [0.2, 0.25) is 0 Å². The highest BCUT2D eigenvalue weighted by Crippen LogP contribution is 2.21. The van der Waals surface area contributed by atoms with Gasteiger partial charge in [-0.05, 0) is 42.3 Å². The Morgan fingerprint density at radius 3 is 1.50 bits per heavy atom. The van der Waals surface area contributed by atoms with Crippen molar-refractivity contribution in [1.82, 2.24) is 9.97 Å². The third kappa shape index (κ3) is 1.79. The van der Waals surface area contributed by atoms with Crippen LogP contribution in [0.4, 0.5) is 0 Å². The molecular formula is C12H11N2. The number of aromatic nitrogens is 2. The van der Waals surface area contributed by atoms with Gasteiger partial charge in [-0.2, -0.15) is 0 Å². The number of nitrogens with zero attached hydrogens (tertiary/aromatic N) is 2. The van der Waals surface area contributed by atoms with Gasteiger partial charge in [-0.15, -0.1) is 0 Å². The first-order valence-electron chi connectivity index (χ1n) is 4.51. The van der Waals surface area contributed by atoms with Gasteiger partial charge in [0.05, 0.1) is 0 Å². The Hall–Kier alpha value is -1.70. The Bertz CT molecular complexity index is 344. The van der Waals surface area contributed by atoms with Crippen molar-refractivity contribution in [3.63, 3.8) is 0 Å². The Morgan fingerprint density at radius 2 is 1.14 bits per heavy atom.